The van der Waals surface area contributed by atoms with Crippen LogP contribution < -0.4 is 5.32 Å². The molecule has 4 heteroatoms. The Labute approximate surface area is 134 Å². The summed E-state index contributed by atoms with van der Waals surface area (Å²) in [6, 6.07) is 8.99. The number of rotatable bonds is 5. The molecule has 0 bridgehead atoms. The maximum absolute atomic E-state index is 5.74. The summed E-state index contributed by atoms with van der Waals surface area (Å²) < 4.78 is 9.34. The molecule has 1 aliphatic heterocycles. The number of benzene rings is 1. The Balaban J connectivity index is 1.66. The second-order valence-corrected chi connectivity index (χ2v) is 6.66. The molecule has 21 heavy (non-hydrogen) atoms. The fraction of sp³-hybridized carbons (Fsp3) is 0.529. The molecular weight excluding hydrogens is 328 g/mol. The van der Waals surface area contributed by atoms with E-state index in [-0.39, 0.29) is 0 Å². The molecule has 2 aromatic rings. The van der Waals surface area contributed by atoms with E-state index in [0.717, 1.165) is 19.7 Å². The molecular formula is C17H23BrN2O. The van der Waals surface area contributed by atoms with E-state index >= 15 is 0 Å². The van der Waals surface area contributed by atoms with Crippen molar-refractivity contribution in [3.05, 3.63) is 34.4 Å². The van der Waals surface area contributed by atoms with Crippen LogP contribution in [0.4, 0.5) is 0 Å². The highest BCUT2D eigenvalue weighted by Gasteiger charge is 2.21. The first-order chi connectivity index (χ1) is 10.2. The Morgan fingerprint density at radius 1 is 1.43 bits per heavy atom. The molecule has 0 radical (unpaired) electrons. The van der Waals surface area contributed by atoms with Crippen molar-refractivity contribution in [1.82, 2.24) is 9.88 Å². The lowest BCUT2D eigenvalue weighted by atomic mass is 10.1. The third-order valence-corrected chi connectivity index (χ3v) is 5.48. The normalized spacial score (nSPS) is 20.2. The summed E-state index contributed by atoms with van der Waals surface area (Å²) in [7, 11) is 0. The van der Waals surface area contributed by atoms with Gasteiger partial charge in [0.25, 0.3) is 0 Å². The number of halogens is 1. The number of hydrogen-bond acceptors (Lipinski definition) is 2. The number of ether oxygens (including phenoxy) is 1. The van der Waals surface area contributed by atoms with Gasteiger partial charge in [-0.2, -0.15) is 0 Å². The Kier molecular flexibility index (Phi) is 4.67. The van der Waals surface area contributed by atoms with E-state index in [9.17, 15) is 0 Å². The van der Waals surface area contributed by atoms with Gasteiger partial charge in [-0.3, -0.25) is 0 Å². The van der Waals surface area contributed by atoms with Gasteiger partial charge in [0.2, 0.25) is 0 Å². The molecule has 1 N–H and O–H groups in total. The molecule has 2 heterocycles. The summed E-state index contributed by atoms with van der Waals surface area (Å²) in [6.45, 7) is 7.27. The zero-order chi connectivity index (χ0) is 14.8. The molecule has 0 spiro atoms. The molecule has 2 atom stereocenters. The molecule has 0 saturated carbocycles. The lowest BCUT2D eigenvalue weighted by Gasteiger charge is -2.20. The smallest absolute Gasteiger partial charge is 0.0726 e. The minimum Gasteiger partial charge on any atom is -0.377 e. The molecule has 1 aromatic heterocycles. The van der Waals surface area contributed by atoms with Gasteiger partial charge in [0.1, 0.15) is 0 Å². The minimum absolute atomic E-state index is 0.388. The average Bonchev–Trinajstić information content (AvgIpc) is 3.11. The van der Waals surface area contributed by atoms with E-state index in [4.69, 9.17) is 4.74 Å². The first-order valence-corrected chi connectivity index (χ1v) is 8.56. The Bertz CT molecular complexity index is 617. The topological polar surface area (TPSA) is 26.2 Å². The van der Waals surface area contributed by atoms with Crippen molar-refractivity contribution in [3.63, 3.8) is 0 Å². The van der Waals surface area contributed by atoms with Crippen LogP contribution in [0.25, 0.3) is 10.9 Å². The molecule has 2 unspecified atom stereocenters. The van der Waals surface area contributed by atoms with Crippen molar-refractivity contribution in [2.24, 2.45) is 0 Å². The van der Waals surface area contributed by atoms with Gasteiger partial charge in [-0.25, -0.2) is 0 Å². The zero-order valence-corrected chi connectivity index (χ0v) is 14.3. The summed E-state index contributed by atoms with van der Waals surface area (Å²) in [4.78, 5) is 0. The Hall–Kier alpha value is -0.840. The van der Waals surface area contributed by atoms with E-state index < -0.39 is 0 Å². The van der Waals surface area contributed by atoms with Crippen molar-refractivity contribution >= 4 is 26.8 Å². The van der Waals surface area contributed by atoms with Crippen LogP contribution >= 0.6 is 15.9 Å². The fourth-order valence-electron chi connectivity index (χ4n) is 3.21. The van der Waals surface area contributed by atoms with Crippen LogP contribution in [0.2, 0.25) is 0 Å². The number of aromatic nitrogens is 1. The highest BCUT2D eigenvalue weighted by molar-refractivity contribution is 9.10. The maximum Gasteiger partial charge on any atom is 0.0726 e. The van der Waals surface area contributed by atoms with Crippen molar-refractivity contribution in [2.45, 2.75) is 45.4 Å². The second-order valence-electron chi connectivity index (χ2n) is 5.86. The Morgan fingerprint density at radius 3 is 3.00 bits per heavy atom. The monoisotopic (exact) mass is 350 g/mol. The lowest BCUT2D eigenvalue weighted by Crippen LogP contribution is -2.38. The molecule has 1 aromatic carbocycles. The largest absolute Gasteiger partial charge is 0.377 e. The quantitative estimate of drug-likeness (QED) is 0.885. The number of fused-ring (bicyclic) bond motifs is 1. The van der Waals surface area contributed by atoms with Crippen LogP contribution in [0.1, 0.15) is 25.5 Å². The first kappa shape index (κ1) is 15.1. The van der Waals surface area contributed by atoms with Gasteiger partial charge in [0.05, 0.1) is 6.10 Å². The van der Waals surface area contributed by atoms with Gasteiger partial charge in [0.15, 0.2) is 0 Å². The number of nitrogens with one attached hydrogen (secondary N) is 1. The van der Waals surface area contributed by atoms with Gasteiger partial charge in [-0.15, -0.1) is 0 Å². The molecule has 0 aliphatic carbocycles. The fourth-order valence-corrected chi connectivity index (χ4v) is 3.76. The Morgan fingerprint density at radius 2 is 2.24 bits per heavy atom. The molecule has 1 aliphatic rings. The summed E-state index contributed by atoms with van der Waals surface area (Å²) in [5.74, 6) is 0. The van der Waals surface area contributed by atoms with Crippen LogP contribution in [0.3, 0.4) is 0 Å². The van der Waals surface area contributed by atoms with Crippen LogP contribution in [-0.4, -0.2) is 29.9 Å². The van der Waals surface area contributed by atoms with Gasteiger partial charge >= 0.3 is 0 Å². The van der Waals surface area contributed by atoms with Gasteiger partial charge in [-0.1, -0.05) is 18.2 Å². The summed E-state index contributed by atoms with van der Waals surface area (Å²) in [5.41, 5.74) is 2.59. The number of para-hydroxylation sites is 1. The SMILES string of the molecule is Cc1c(Br)c2ccccc2n1CCNC(C)C1CCCO1. The molecule has 3 rings (SSSR count). The summed E-state index contributed by atoms with van der Waals surface area (Å²) in [5, 5.41) is 4.91. The molecule has 1 fully saturated rings. The minimum atomic E-state index is 0.388. The van der Waals surface area contributed by atoms with Crippen LogP contribution in [0.15, 0.2) is 28.7 Å². The summed E-state index contributed by atoms with van der Waals surface area (Å²) in [6.07, 6.45) is 2.77. The predicted molar refractivity (Wildman–Crippen MR) is 90.8 cm³/mol. The molecule has 0 amide bonds. The number of nitrogens with zero attached hydrogens (tertiary/aromatic N) is 1. The molecule has 3 nitrogen and oxygen atoms in total. The van der Waals surface area contributed by atoms with Gasteiger partial charge < -0.3 is 14.6 Å². The van der Waals surface area contributed by atoms with E-state index in [1.807, 2.05) is 0 Å². The second kappa shape index (κ2) is 6.51. The third-order valence-electron chi connectivity index (χ3n) is 4.48. The predicted octanol–water partition coefficient (Wildman–Crippen LogP) is 3.87. The third kappa shape index (κ3) is 3.03. The lowest BCUT2D eigenvalue weighted by molar-refractivity contribution is 0.0835. The highest BCUT2D eigenvalue weighted by Crippen LogP contribution is 2.30. The van der Waals surface area contributed by atoms with Crippen molar-refractivity contribution < 1.29 is 4.74 Å². The highest BCUT2D eigenvalue weighted by atomic mass is 79.9. The number of hydrogen-bond donors (Lipinski definition) is 1. The maximum atomic E-state index is 5.74. The summed E-state index contributed by atoms with van der Waals surface area (Å²) >= 11 is 3.72. The molecule has 1 saturated heterocycles. The molecule has 114 valence electrons. The van der Waals surface area contributed by atoms with Crippen LogP contribution in [0, 0.1) is 6.92 Å². The first-order valence-electron chi connectivity index (χ1n) is 7.77. The van der Waals surface area contributed by atoms with Crippen LogP contribution in [-0.2, 0) is 11.3 Å². The van der Waals surface area contributed by atoms with E-state index in [0.29, 0.717) is 12.1 Å². The van der Waals surface area contributed by atoms with Crippen LogP contribution in [0.5, 0.6) is 0 Å². The average molecular weight is 351 g/mol. The van der Waals surface area contributed by atoms with Gasteiger partial charge in [-0.05, 0) is 48.7 Å². The zero-order valence-electron chi connectivity index (χ0n) is 12.7. The van der Waals surface area contributed by atoms with E-state index in [1.165, 1.54) is 33.9 Å². The van der Waals surface area contributed by atoms with Crippen molar-refractivity contribution in [2.75, 3.05) is 13.2 Å². The standard InChI is InChI=1S/C17H23BrN2O/c1-12(16-8-5-11-21-16)19-9-10-20-13(2)17(18)14-6-3-4-7-15(14)20/h3-4,6-7,12,16,19H,5,8-11H2,1-2H3. The van der Waals surface area contributed by atoms with Gasteiger partial charge in [0, 0.05) is 46.8 Å². The van der Waals surface area contributed by atoms with Crippen molar-refractivity contribution in [1.29, 1.82) is 0 Å². The van der Waals surface area contributed by atoms with Crippen molar-refractivity contribution in [3.8, 4) is 0 Å². The van der Waals surface area contributed by atoms with E-state index in [1.54, 1.807) is 0 Å². The van der Waals surface area contributed by atoms with E-state index in [2.05, 4.69) is 63.9 Å².